The third kappa shape index (κ3) is 4.03. The van der Waals surface area contributed by atoms with Gasteiger partial charge in [0, 0.05) is 10.9 Å². The average molecular weight is 263 g/mol. The van der Waals surface area contributed by atoms with Gasteiger partial charge in [0.15, 0.2) is 0 Å². The van der Waals surface area contributed by atoms with E-state index in [0.29, 0.717) is 6.04 Å². The van der Waals surface area contributed by atoms with Crippen molar-refractivity contribution >= 4 is 11.8 Å². The van der Waals surface area contributed by atoms with Crippen LogP contribution >= 0.6 is 11.8 Å². The Morgan fingerprint density at radius 2 is 2.00 bits per heavy atom. The second-order valence-electron chi connectivity index (χ2n) is 5.46. The molecule has 1 aromatic carbocycles. The van der Waals surface area contributed by atoms with Crippen molar-refractivity contribution in [1.29, 1.82) is 0 Å². The predicted molar refractivity (Wildman–Crippen MR) is 80.9 cm³/mol. The molecule has 18 heavy (non-hydrogen) atoms. The number of hydrogen-bond donors (Lipinski definition) is 1. The smallest absolute Gasteiger partial charge is 0.00719 e. The Morgan fingerprint density at radius 1 is 1.22 bits per heavy atom. The summed E-state index contributed by atoms with van der Waals surface area (Å²) in [4.78, 5) is 1.38. The van der Waals surface area contributed by atoms with Crippen LogP contribution in [0.3, 0.4) is 0 Å². The number of hydrogen-bond acceptors (Lipinski definition) is 2. The van der Waals surface area contributed by atoms with E-state index in [4.69, 9.17) is 5.73 Å². The molecule has 1 aromatic rings. The maximum atomic E-state index is 6.27. The summed E-state index contributed by atoms with van der Waals surface area (Å²) < 4.78 is 0. The molecule has 1 aliphatic carbocycles. The van der Waals surface area contributed by atoms with Crippen LogP contribution < -0.4 is 5.73 Å². The maximum Gasteiger partial charge on any atom is 0.00719 e. The monoisotopic (exact) mass is 263 g/mol. The summed E-state index contributed by atoms with van der Waals surface area (Å²) in [6.45, 7) is 2.32. The molecule has 3 atom stereocenters. The van der Waals surface area contributed by atoms with Crippen LogP contribution in [0, 0.1) is 11.8 Å². The van der Waals surface area contributed by atoms with E-state index in [0.717, 1.165) is 11.8 Å². The van der Waals surface area contributed by atoms with Gasteiger partial charge in [-0.2, -0.15) is 0 Å². The number of rotatable bonds is 5. The number of nitrogens with two attached hydrogens (primary N) is 1. The summed E-state index contributed by atoms with van der Waals surface area (Å²) in [5.41, 5.74) is 6.27. The van der Waals surface area contributed by atoms with Crippen LogP contribution in [0.25, 0.3) is 0 Å². The predicted octanol–water partition coefficient (Wildman–Crippen LogP) is 4.32. The Kier molecular flexibility index (Phi) is 5.58. The first-order valence-corrected chi connectivity index (χ1v) is 8.21. The lowest BCUT2D eigenvalue weighted by Crippen LogP contribution is -2.36. The van der Waals surface area contributed by atoms with E-state index >= 15 is 0 Å². The molecule has 0 amide bonds. The SMILES string of the molecule is CCC1CCC(N)C(CCSc2ccccc2)C1. The molecule has 0 saturated heterocycles. The molecule has 2 N–H and O–H groups in total. The Hall–Kier alpha value is -0.470. The van der Waals surface area contributed by atoms with Crippen molar-refractivity contribution in [3.05, 3.63) is 30.3 Å². The van der Waals surface area contributed by atoms with E-state index in [2.05, 4.69) is 37.3 Å². The molecular formula is C16H25NS. The van der Waals surface area contributed by atoms with E-state index in [-0.39, 0.29) is 0 Å². The van der Waals surface area contributed by atoms with Crippen LogP contribution in [0.1, 0.15) is 39.0 Å². The Bertz CT molecular complexity index is 338. The minimum absolute atomic E-state index is 0.448. The average Bonchev–Trinajstić information content (AvgIpc) is 2.42. The highest BCUT2D eigenvalue weighted by atomic mass is 32.2. The Balaban J connectivity index is 1.75. The standard InChI is InChI=1S/C16H25NS/c1-2-13-8-9-16(17)14(12-13)10-11-18-15-6-4-3-5-7-15/h3-7,13-14,16H,2,8-12,17H2,1H3. The van der Waals surface area contributed by atoms with Gasteiger partial charge in [-0.25, -0.2) is 0 Å². The van der Waals surface area contributed by atoms with Gasteiger partial charge in [0.1, 0.15) is 0 Å². The molecule has 0 aromatic heterocycles. The summed E-state index contributed by atoms with van der Waals surface area (Å²) in [6, 6.07) is 11.1. The molecule has 1 nitrogen and oxygen atoms in total. The van der Waals surface area contributed by atoms with Crippen LogP contribution in [-0.4, -0.2) is 11.8 Å². The Morgan fingerprint density at radius 3 is 2.72 bits per heavy atom. The summed E-state index contributed by atoms with van der Waals surface area (Å²) in [5, 5.41) is 0. The van der Waals surface area contributed by atoms with E-state index < -0.39 is 0 Å². The van der Waals surface area contributed by atoms with Crippen molar-refractivity contribution in [3.63, 3.8) is 0 Å². The van der Waals surface area contributed by atoms with Crippen LogP contribution in [0.4, 0.5) is 0 Å². The van der Waals surface area contributed by atoms with Gasteiger partial charge in [-0.3, -0.25) is 0 Å². The van der Waals surface area contributed by atoms with Gasteiger partial charge in [-0.05, 0) is 55.4 Å². The lowest BCUT2D eigenvalue weighted by atomic mass is 9.76. The largest absolute Gasteiger partial charge is 0.327 e. The fourth-order valence-corrected chi connectivity index (χ4v) is 3.94. The first-order chi connectivity index (χ1) is 8.79. The molecule has 100 valence electrons. The van der Waals surface area contributed by atoms with E-state index in [1.165, 1.54) is 42.8 Å². The zero-order chi connectivity index (χ0) is 12.8. The van der Waals surface area contributed by atoms with Crippen molar-refractivity contribution in [2.75, 3.05) is 5.75 Å². The summed E-state index contributed by atoms with van der Waals surface area (Å²) in [7, 11) is 0. The first kappa shape index (κ1) is 14.0. The zero-order valence-electron chi connectivity index (χ0n) is 11.3. The third-order valence-corrected chi connectivity index (χ3v) is 5.27. The molecule has 0 aliphatic heterocycles. The van der Waals surface area contributed by atoms with Crippen LogP contribution in [0.15, 0.2) is 35.2 Å². The van der Waals surface area contributed by atoms with Gasteiger partial charge in [0.2, 0.25) is 0 Å². The third-order valence-electron chi connectivity index (χ3n) is 4.23. The number of thioether (sulfide) groups is 1. The second-order valence-corrected chi connectivity index (χ2v) is 6.63. The van der Waals surface area contributed by atoms with Gasteiger partial charge < -0.3 is 5.73 Å². The molecule has 0 bridgehead atoms. The van der Waals surface area contributed by atoms with Crippen molar-refractivity contribution in [3.8, 4) is 0 Å². The Labute approximate surface area is 116 Å². The van der Waals surface area contributed by atoms with Crippen LogP contribution in [-0.2, 0) is 0 Å². The van der Waals surface area contributed by atoms with Crippen LogP contribution in [0.2, 0.25) is 0 Å². The first-order valence-electron chi connectivity index (χ1n) is 7.23. The second kappa shape index (κ2) is 7.20. The molecule has 0 spiro atoms. The minimum Gasteiger partial charge on any atom is -0.327 e. The van der Waals surface area contributed by atoms with Crippen molar-refractivity contribution in [2.45, 2.75) is 50.0 Å². The molecule has 1 saturated carbocycles. The van der Waals surface area contributed by atoms with E-state index in [9.17, 15) is 0 Å². The highest BCUT2D eigenvalue weighted by Gasteiger charge is 2.26. The van der Waals surface area contributed by atoms with Crippen molar-refractivity contribution < 1.29 is 0 Å². The lowest BCUT2D eigenvalue weighted by Gasteiger charge is -2.33. The molecule has 0 heterocycles. The van der Waals surface area contributed by atoms with Gasteiger partial charge >= 0.3 is 0 Å². The van der Waals surface area contributed by atoms with Gasteiger partial charge in [0.05, 0.1) is 0 Å². The molecule has 3 unspecified atom stereocenters. The van der Waals surface area contributed by atoms with Crippen molar-refractivity contribution in [2.24, 2.45) is 17.6 Å². The molecule has 1 fully saturated rings. The zero-order valence-corrected chi connectivity index (χ0v) is 12.2. The molecule has 1 aliphatic rings. The molecule has 0 radical (unpaired) electrons. The molecular weight excluding hydrogens is 238 g/mol. The van der Waals surface area contributed by atoms with E-state index in [1.807, 2.05) is 11.8 Å². The lowest BCUT2D eigenvalue weighted by molar-refractivity contribution is 0.224. The van der Waals surface area contributed by atoms with E-state index in [1.54, 1.807) is 0 Å². The molecule has 2 rings (SSSR count). The van der Waals surface area contributed by atoms with Crippen LogP contribution in [0.5, 0.6) is 0 Å². The minimum atomic E-state index is 0.448. The normalized spacial score (nSPS) is 28.2. The quantitative estimate of drug-likeness (QED) is 0.801. The highest BCUT2D eigenvalue weighted by Crippen LogP contribution is 2.33. The summed E-state index contributed by atoms with van der Waals surface area (Å²) >= 11 is 1.97. The maximum absolute atomic E-state index is 6.27. The summed E-state index contributed by atoms with van der Waals surface area (Å²) in [5.74, 6) is 2.88. The summed E-state index contributed by atoms with van der Waals surface area (Å²) in [6.07, 6.45) is 6.54. The van der Waals surface area contributed by atoms with Gasteiger partial charge in [-0.15, -0.1) is 11.8 Å². The highest BCUT2D eigenvalue weighted by molar-refractivity contribution is 7.99. The van der Waals surface area contributed by atoms with Gasteiger partial charge in [-0.1, -0.05) is 31.5 Å². The van der Waals surface area contributed by atoms with Gasteiger partial charge in [0.25, 0.3) is 0 Å². The number of benzene rings is 1. The molecule has 2 heteroatoms. The topological polar surface area (TPSA) is 26.0 Å². The fraction of sp³-hybridized carbons (Fsp3) is 0.625. The van der Waals surface area contributed by atoms with Crippen molar-refractivity contribution in [1.82, 2.24) is 0 Å². The fourth-order valence-electron chi connectivity index (χ4n) is 2.93.